The first-order valence-electron chi connectivity index (χ1n) is 3.18. The molecule has 0 bridgehead atoms. The normalized spacial score (nSPS) is 11.3. The van der Waals surface area contributed by atoms with Crippen LogP contribution in [0.4, 0.5) is 13.2 Å². The van der Waals surface area contributed by atoms with Crippen molar-refractivity contribution in [2.45, 2.75) is 5.92 Å². The molecule has 0 aromatic carbocycles. The first-order valence-corrected chi connectivity index (χ1v) is 3.18. The highest BCUT2D eigenvalue weighted by atomic mass is 19.3. The molecule has 0 aliphatic heterocycles. The summed E-state index contributed by atoms with van der Waals surface area (Å²) in [6.07, 6.45) is 0.955. The van der Waals surface area contributed by atoms with Gasteiger partial charge in [0.25, 0.3) is 0 Å². The van der Waals surface area contributed by atoms with Gasteiger partial charge in [-0.1, -0.05) is 0 Å². The van der Waals surface area contributed by atoms with Crippen LogP contribution in [0.25, 0.3) is 0 Å². The molecule has 0 aliphatic rings. The van der Waals surface area contributed by atoms with Gasteiger partial charge in [-0.15, -0.1) is 0 Å². The Morgan fingerprint density at radius 2 is 2.15 bits per heavy atom. The van der Waals surface area contributed by atoms with E-state index in [-0.39, 0.29) is 0 Å². The molecule has 1 rings (SSSR count). The molecule has 70 valence electrons. The fraction of sp³-hybridized carbons (Fsp3) is 0.143. The fourth-order valence-corrected chi connectivity index (χ4v) is 0.735. The maximum absolute atomic E-state index is 12.7. The van der Waals surface area contributed by atoms with Crippen LogP contribution < -0.4 is 0 Å². The highest BCUT2D eigenvalue weighted by Gasteiger charge is 2.43. The van der Waals surface area contributed by atoms with Crippen LogP contribution in [0.5, 0.6) is 0 Å². The molecule has 0 saturated carbocycles. The van der Waals surface area contributed by atoms with Gasteiger partial charge in [0.05, 0.1) is 5.56 Å². The van der Waals surface area contributed by atoms with Gasteiger partial charge in [0.15, 0.2) is 0 Å². The largest absolute Gasteiger partial charge is 0.477 e. The molecule has 1 N–H and O–H groups in total. The number of alkyl halides is 2. The molecule has 13 heavy (non-hydrogen) atoms. The van der Waals surface area contributed by atoms with Gasteiger partial charge in [-0.25, -0.2) is 9.78 Å². The Morgan fingerprint density at radius 3 is 2.62 bits per heavy atom. The molecular formula is C7H4F3NO2. The Bertz CT molecular complexity index is 340. The van der Waals surface area contributed by atoms with Gasteiger partial charge in [-0.2, -0.15) is 13.2 Å². The number of pyridine rings is 1. The van der Waals surface area contributed by atoms with Gasteiger partial charge in [0.1, 0.15) is 0 Å². The van der Waals surface area contributed by atoms with Crippen molar-refractivity contribution in [3.8, 4) is 0 Å². The highest BCUT2D eigenvalue weighted by molar-refractivity contribution is 5.77. The number of carboxylic acid groups (broad SMARTS) is 1. The second-order valence-corrected chi connectivity index (χ2v) is 2.22. The zero-order valence-corrected chi connectivity index (χ0v) is 6.17. The maximum Gasteiger partial charge on any atom is 0.379 e. The Balaban J connectivity index is 3.22. The predicted molar refractivity (Wildman–Crippen MR) is 35.7 cm³/mol. The lowest BCUT2D eigenvalue weighted by Crippen LogP contribution is -2.26. The van der Waals surface area contributed by atoms with Crippen molar-refractivity contribution >= 4 is 5.97 Å². The number of hydrogen-bond acceptors (Lipinski definition) is 2. The van der Waals surface area contributed by atoms with Crippen molar-refractivity contribution in [1.82, 2.24) is 4.98 Å². The van der Waals surface area contributed by atoms with Gasteiger partial charge in [0.2, 0.25) is 5.95 Å². The molecule has 0 radical (unpaired) electrons. The van der Waals surface area contributed by atoms with Crippen LogP contribution in [0.1, 0.15) is 5.56 Å². The summed E-state index contributed by atoms with van der Waals surface area (Å²) in [5.41, 5.74) is -1.23. The molecule has 0 spiro atoms. The van der Waals surface area contributed by atoms with Crippen molar-refractivity contribution in [2.75, 3.05) is 0 Å². The average molecular weight is 191 g/mol. The zero-order chi connectivity index (χ0) is 10.1. The van der Waals surface area contributed by atoms with Crippen LogP contribution in [0, 0.1) is 5.95 Å². The highest BCUT2D eigenvalue weighted by Crippen LogP contribution is 2.28. The Hall–Kier alpha value is -1.59. The summed E-state index contributed by atoms with van der Waals surface area (Å²) >= 11 is 0. The van der Waals surface area contributed by atoms with E-state index in [0.717, 1.165) is 12.3 Å². The molecule has 0 aliphatic carbocycles. The summed E-state index contributed by atoms with van der Waals surface area (Å²) in [5, 5.41) is 8.07. The van der Waals surface area contributed by atoms with E-state index in [2.05, 4.69) is 4.98 Å². The van der Waals surface area contributed by atoms with Gasteiger partial charge >= 0.3 is 11.9 Å². The van der Waals surface area contributed by atoms with E-state index >= 15 is 0 Å². The smallest absolute Gasteiger partial charge is 0.379 e. The van der Waals surface area contributed by atoms with E-state index in [9.17, 15) is 18.0 Å². The molecular weight excluding hydrogens is 187 g/mol. The van der Waals surface area contributed by atoms with Crippen molar-refractivity contribution in [3.63, 3.8) is 0 Å². The summed E-state index contributed by atoms with van der Waals surface area (Å²) in [5.74, 6) is -8.12. The third-order valence-corrected chi connectivity index (χ3v) is 1.37. The second kappa shape index (κ2) is 3.04. The second-order valence-electron chi connectivity index (χ2n) is 2.22. The molecule has 0 saturated heterocycles. The first kappa shape index (κ1) is 9.50. The Morgan fingerprint density at radius 1 is 1.54 bits per heavy atom. The molecule has 0 fully saturated rings. The maximum atomic E-state index is 12.7. The first-order chi connectivity index (χ1) is 5.96. The van der Waals surface area contributed by atoms with E-state index in [1.165, 1.54) is 0 Å². The van der Waals surface area contributed by atoms with Crippen LogP contribution in [0.15, 0.2) is 18.3 Å². The number of aliphatic carboxylic acids is 1. The van der Waals surface area contributed by atoms with Gasteiger partial charge in [0, 0.05) is 6.20 Å². The molecule has 1 aromatic heterocycles. The van der Waals surface area contributed by atoms with Crippen LogP contribution in [-0.2, 0) is 10.7 Å². The average Bonchev–Trinajstić information content (AvgIpc) is 2.04. The molecule has 0 unspecified atom stereocenters. The number of aromatic nitrogens is 1. The standard InChI is InChI=1S/C7H4F3NO2/c8-5-4(2-1-3-11-5)7(9,10)6(12)13/h1-3H,(H,12,13). The van der Waals surface area contributed by atoms with Gasteiger partial charge in [-0.05, 0) is 12.1 Å². The lowest BCUT2D eigenvalue weighted by Gasteiger charge is -2.10. The number of carboxylic acids is 1. The predicted octanol–water partition coefficient (Wildman–Crippen LogP) is 1.40. The van der Waals surface area contributed by atoms with Gasteiger partial charge < -0.3 is 5.11 Å². The molecule has 1 aromatic rings. The van der Waals surface area contributed by atoms with Gasteiger partial charge in [-0.3, -0.25) is 0 Å². The number of rotatable bonds is 2. The minimum Gasteiger partial charge on any atom is -0.477 e. The molecule has 6 heteroatoms. The van der Waals surface area contributed by atoms with E-state index < -0.39 is 23.4 Å². The van der Waals surface area contributed by atoms with E-state index in [1.54, 1.807) is 0 Å². The molecule has 0 amide bonds. The number of carbonyl (C=O) groups is 1. The topological polar surface area (TPSA) is 50.2 Å². The van der Waals surface area contributed by atoms with Crippen LogP contribution in [-0.4, -0.2) is 16.1 Å². The summed E-state index contributed by atoms with van der Waals surface area (Å²) in [6, 6.07) is 1.71. The fourth-order valence-electron chi connectivity index (χ4n) is 0.735. The van der Waals surface area contributed by atoms with Crippen molar-refractivity contribution in [3.05, 3.63) is 29.8 Å². The van der Waals surface area contributed by atoms with Crippen LogP contribution in [0.3, 0.4) is 0 Å². The quantitative estimate of drug-likeness (QED) is 0.718. The minimum atomic E-state index is -4.24. The van der Waals surface area contributed by atoms with E-state index in [0.29, 0.717) is 6.07 Å². The van der Waals surface area contributed by atoms with Crippen LogP contribution >= 0.6 is 0 Å². The zero-order valence-electron chi connectivity index (χ0n) is 6.17. The number of nitrogens with zero attached hydrogens (tertiary/aromatic N) is 1. The summed E-state index contributed by atoms with van der Waals surface area (Å²) in [7, 11) is 0. The third kappa shape index (κ3) is 1.61. The van der Waals surface area contributed by atoms with Crippen molar-refractivity contribution in [1.29, 1.82) is 0 Å². The summed E-state index contributed by atoms with van der Waals surface area (Å²) in [4.78, 5) is 12.9. The number of halogens is 3. The minimum absolute atomic E-state index is 0.677. The lowest BCUT2D eigenvalue weighted by atomic mass is 10.1. The molecule has 3 nitrogen and oxygen atoms in total. The summed E-state index contributed by atoms with van der Waals surface area (Å²) < 4.78 is 37.9. The van der Waals surface area contributed by atoms with Crippen LogP contribution in [0.2, 0.25) is 0 Å². The molecule has 1 heterocycles. The number of hydrogen-bond donors (Lipinski definition) is 1. The third-order valence-electron chi connectivity index (χ3n) is 1.37. The molecule has 0 atom stereocenters. The summed E-state index contributed by atoms with van der Waals surface area (Å²) in [6.45, 7) is 0. The monoisotopic (exact) mass is 191 g/mol. The Kier molecular flexibility index (Phi) is 2.22. The van der Waals surface area contributed by atoms with Crippen molar-refractivity contribution in [2.24, 2.45) is 0 Å². The van der Waals surface area contributed by atoms with E-state index in [4.69, 9.17) is 5.11 Å². The Labute approximate surface area is 70.8 Å². The lowest BCUT2D eigenvalue weighted by molar-refractivity contribution is -0.166. The van der Waals surface area contributed by atoms with E-state index in [1.807, 2.05) is 0 Å². The van der Waals surface area contributed by atoms with Crippen molar-refractivity contribution < 1.29 is 23.1 Å². The SMILES string of the molecule is O=C(O)C(F)(F)c1cccnc1F.